The molecule has 4 heteroatoms. The van der Waals surface area contributed by atoms with E-state index in [1.54, 1.807) is 11.9 Å². The molecule has 12 heavy (non-hydrogen) atoms. The molecule has 0 atom stereocenters. The van der Waals surface area contributed by atoms with Gasteiger partial charge in [-0.2, -0.15) is 0 Å². The van der Waals surface area contributed by atoms with Gasteiger partial charge in [0.2, 0.25) is 5.91 Å². The van der Waals surface area contributed by atoms with Crippen LogP contribution in [0.2, 0.25) is 0 Å². The summed E-state index contributed by atoms with van der Waals surface area (Å²) >= 11 is 0. The topological polar surface area (TPSA) is 43.4 Å². The molecule has 0 spiro atoms. The van der Waals surface area contributed by atoms with Crippen molar-refractivity contribution in [1.82, 2.24) is 4.90 Å². The summed E-state index contributed by atoms with van der Waals surface area (Å²) in [5, 5.41) is 10.1. The Kier molecular flexibility index (Phi) is 11.2. The summed E-state index contributed by atoms with van der Waals surface area (Å²) in [5.41, 5.74) is 0. The van der Waals surface area contributed by atoms with Gasteiger partial charge in [-0.05, 0) is 5.92 Å². The van der Waals surface area contributed by atoms with E-state index < -0.39 is 0 Å². The molecule has 0 rings (SSSR count). The van der Waals surface area contributed by atoms with Gasteiger partial charge in [0.05, 0.1) is 0 Å². The van der Waals surface area contributed by atoms with E-state index in [1.807, 2.05) is 13.8 Å². The average Bonchev–Trinajstić information content (AvgIpc) is 1.86. The van der Waals surface area contributed by atoms with Crippen LogP contribution in [0.5, 0.6) is 0 Å². The van der Waals surface area contributed by atoms with Gasteiger partial charge in [-0.25, -0.2) is 0 Å². The van der Waals surface area contributed by atoms with Crippen LogP contribution < -0.4 is 56.5 Å². The largest absolute Gasteiger partial charge is 1.00 e. The molecule has 0 heterocycles. The zero-order chi connectivity index (χ0) is 8.85. The number of amides is 1. The number of hydrogen-bond acceptors (Lipinski definition) is 2. The van der Waals surface area contributed by atoms with Crippen LogP contribution in [0.4, 0.5) is 0 Å². The molecule has 0 aliphatic heterocycles. The van der Waals surface area contributed by atoms with Crippen molar-refractivity contribution in [1.29, 1.82) is 0 Å². The third-order valence-corrected chi connectivity index (χ3v) is 1.38. The number of carbonyl (C=O) groups excluding carboxylic acids is 1. The first-order valence-electron chi connectivity index (χ1n) is 3.90. The van der Waals surface area contributed by atoms with Gasteiger partial charge in [0.15, 0.2) is 0 Å². The molecule has 0 bridgehead atoms. The first-order valence-corrected chi connectivity index (χ1v) is 3.90. The van der Waals surface area contributed by atoms with Gasteiger partial charge in [0.1, 0.15) is 0 Å². The molecule has 0 fully saturated rings. The molecule has 0 radical (unpaired) electrons. The van der Waals surface area contributed by atoms with E-state index in [4.69, 9.17) is 0 Å². The van der Waals surface area contributed by atoms with Crippen molar-refractivity contribution in [3.05, 3.63) is 0 Å². The number of nitrogens with zero attached hydrogens (tertiary/aromatic N) is 1. The second-order valence-electron chi connectivity index (χ2n) is 3.12. The van der Waals surface area contributed by atoms with Crippen molar-refractivity contribution in [3.8, 4) is 0 Å². The summed E-state index contributed by atoms with van der Waals surface area (Å²) in [6.45, 7) is 4.52. The van der Waals surface area contributed by atoms with Gasteiger partial charge < -0.3 is 10.0 Å². The Bertz CT molecular complexity index is 128. The van der Waals surface area contributed by atoms with Gasteiger partial charge >= 0.3 is 51.4 Å². The molecule has 0 aromatic heterocycles. The fourth-order valence-electron chi connectivity index (χ4n) is 0.928. The minimum absolute atomic E-state index is 0. The Morgan fingerprint density at radius 3 is 2.33 bits per heavy atom. The second-order valence-corrected chi connectivity index (χ2v) is 3.12. The molecule has 66 valence electrons. The monoisotopic (exact) mass is 197 g/mol. The summed E-state index contributed by atoms with van der Waals surface area (Å²) in [6, 6.07) is 0. The fraction of sp³-hybridized carbons (Fsp3) is 0.875. The Balaban J connectivity index is 0. The Morgan fingerprint density at radius 2 is 2.00 bits per heavy atom. The van der Waals surface area contributed by atoms with Crippen molar-refractivity contribution >= 4 is 5.91 Å². The molecule has 1 amide bonds. The van der Waals surface area contributed by atoms with Crippen molar-refractivity contribution in [2.45, 2.75) is 20.3 Å². The molecule has 0 aromatic rings. The summed E-state index contributed by atoms with van der Waals surface area (Å²) in [7, 11) is 1.73. The second kappa shape index (κ2) is 8.66. The van der Waals surface area contributed by atoms with Crippen molar-refractivity contribution in [2.24, 2.45) is 5.92 Å². The van der Waals surface area contributed by atoms with Crippen LogP contribution in [0.3, 0.4) is 0 Å². The molecule has 0 N–H and O–H groups in total. The van der Waals surface area contributed by atoms with Gasteiger partial charge in [-0.3, -0.25) is 4.79 Å². The minimum atomic E-state index is -0.304. The summed E-state index contributed by atoms with van der Waals surface area (Å²) in [6.07, 6.45) is 0.128. The summed E-state index contributed by atoms with van der Waals surface area (Å²) in [5.74, 6) is 0.421. The Morgan fingerprint density at radius 1 is 1.50 bits per heavy atom. The van der Waals surface area contributed by atoms with E-state index >= 15 is 0 Å². The maximum Gasteiger partial charge on any atom is 1.00 e. The predicted octanol–water partition coefficient (Wildman–Crippen LogP) is -3.14. The first-order chi connectivity index (χ1) is 5.07. The van der Waals surface area contributed by atoms with Crippen LogP contribution in [-0.4, -0.2) is 31.0 Å². The smallest absolute Gasteiger partial charge is 0.854 e. The fourth-order valence-corrected chi connectivity index (χ4v) is 0.928. The standard InChI is InChI=1S/C8H16NO2.K/c1-7(2)6-9(3)8(11)4-5-10;/h7H,4-6H2,1-3H3;/q-1;+1. The van der Waals surface area contributed by atoms with Crippen molar-refractivity contribution < 1.29 is 61.3 Å². The average molecular weight is 197 g/mol. The quantitative estimate of drug-likeness (QED) is 0.447. The molecule has 0 aliphatic carbocycles. The van der Waals surface area contributed by atoms with Crippen LogP contribution in [0.15, 0.2) is 0 Å². The zero-order valence-electron chi connectivity index (χ0n) is 8.46. The molecular weight excluding hydrogens is 181 g/mol. The van der Waals surface area contributed by atoms with Crippen LogP contribution in [0, 0.1) is 5.92 Å². The number of hydrogen-bond donors (Lipinski definition) is 0. The normalized spacial score (nSPS) is 9.42. The van der Waals surface area contributed by atoms with Crippen LogP contribution in [0.25, 0.3) is 0 Å². The van der Waals surface area contributed by atoms with Crippen molar-refractivity contribution in [3.63, 3.8) is 0 Å². The van der Waals surface area contributed by atoms with E-state index in [-0.39, 0.29) is 70.3 Å². The molecular formula is C8H16KNO2. The molecule has 0 aliphatic rings. The van der Waals surface area contributed by atoms with Gasteiger partial charge in [0, 0.05) is 20.0 Å². The summed E-state index contributed by atoms with van der Waals surface area (Å²) in [4.78, 5) is 12.6. The number of rotatable bonds is 4. The Labute approximate surface area is 117 Å². The maximum absolute atomic E-state index is 11.0. The van der Waals surface area contributed by atoms with Gasteiger partial charge in [0.25, 0.3) is 0 Å². The van der Waals surface area contributed by atoms with Gasteiger partial charge in [-0.1, -0.05) is 13.8 Å². The predicted molar refractivity (Wildman–Crippen MR) is 42.0 cm³/mol. The van der Waals surface area contributed by atoms with E-state index in [0.29, 0.717) is 5.92 Å². The molecule has 0 aromatic carbocycles. The SMILES string of the molecule is CC(C)CN(C)C(=O)CC[O-].[K+]. The molecule has 3 nitrogen and oxygen atoms in total. The van der Waals surface area contributed by atoms with E-state index in [1.165, 1.54) is 0 Å². The van der Waals surface area contributed by atoms with E-state index in [9.17, 15) is 9.90 Å². The van der Waals surface area contributed by atoms with Gasteiger partial charge in [-0.15, -0.1) is 6.61 Å². The van der Waals surface area contributed by atoms with Crippen molar-refractivity contribution in [2.75, 3.05) is 20.2 Å². The van der Waals surface area contributed by atoms with Crippen LogP contribution in [0.1, 0.15) is 20.3 Å². The van der Waals surface area contributed by atoms with E-state index in [0.717, 1.165) is 6.54 Å². The van der Waals surface area contributed by atoms with E-state index in [2.05, 4.69) is 0 Å². The molecule has 0 unspecified atom stereocenters. The third-order valence-electron chi connectivity index (χ3n) is 1.38. The third kappa shape index (κ3) is 7.70. The zero-order valence-corrected chi connectivity index (χ0v) is 11.6. The first kappa shape index (κ1) is 15.5. The minimum Gasteiger partial charge on any atom is -0.854 e. The Hall–Kier alpha value is 1.07. The molecule has 0 saturated carbocycles. The number of carbonyl (C=O) groups is 1. The van der Waals surface area contributed by atoms with Crippen LogP contribution >= 0.6 is 0 Å². The maximum atomic E-state index is 11.0. The molecule has 0 saturated heterocycles. The van der Waals surface area contributed by atoms with Crippen LogP contribution in [-0.2, 0) is 4.79 Å². The summed E-state index contributed by atoms with van der Waals surface area (Å²) < 4.78 is 0.